The van der Waals surface area contributed by atoms with Gasteiger partial charge in [0.05, 0.1) is 62.1 Å². The van der Waals surface area contributed by atoms with Crippen molar-refractivity contribution in [1.29, 1.82) is 0 Å². The molecule has 4 amide bonds. The lowest BCUT2D eigenvalue weighted by molar-refractivity contribution is -0.142. The van der Waals surface area contributed by atoms with Crippen molar-refractivity contribution in [1.82, 2.24) is 29.8 Å². The van der Waals surface area contributed by atoms with Gasteiger partial charge >= 0.3 is 5.97 Å². The van der Waals surface area contributed by atoms with E-state index in [1.54, 1.807) is 84.9 Å². The van der Waals surface area contributed by atoms with Crippen molar-refractivity contribution in [3.8, 4) is 0 Å². The Hall–Kier alpha value is -9.54. The summed E-state index contributed by atoms with van der Waals surface area (Å²) in [6, 6.07) is 45.3. The monoisotopic (exact) mass is 950 g/mol. The first-order valence-corrected chi connectivity index (χ1v) is 23.2. The van der Waals surface area contributed by atoms with E-state index in [0.717, 1.165) is 17.2 Å². The van der Waals surface area contributed by atoms with Crippen LogP contribution in [0, 0.1) is 0 Å². The van der Waals surface area contributed by atoms with Crippen molar-refractivity contribution in [3.63, 3.8) is 0 Å². The molecule has 0 unspecified atom stereocenters. The zero-order chi connectivity index (χ0) is 49.5. The maximum atomic E-state index is 14.0. The summed E-state index contributed by atoms with van der Waals surface area (Å²) in [5.41, 5.74) is 5.07. The average Bonchev–Trinajstić information content (AvgIpc) is 3.91. The largest absolute Gasteiger partial charge is 0.480 e. The summed E-state index contributed by atoms with van der Waals surface area (Å²) in [5.74, 6) is -2.87. The first-order valence-electron chi connectivity index (χ1n) is 23.2. The quantitative estimate of drug-likeness (QED) is 0.0818. The summed E-state index contributed by atoms with van der Waals surface area (Å²) < 4.78 is 0. The number of benzene rings is 5. The predicted octanol–water partition coefficient (Wildman–Crippen LogP) is 10.0. The molecule has 5 N–H and O–H groups in total. The Bertz CT molecular complexity index is 3880. The smallest absolute Gasteiger partial charge is 0.320 e. The Kier molecular flexibility index (Phi) is 11.7. The summed E-state index contributed by atoms with van der Waals surface area (Å²) in [5, 5.41) is 25.2. The first-order chi connectivity index (χ1) is 35.0. The van der Waals surface area contributed by atoms with Crippen molar-refractivity contribution >= 4 is 107 Å². The number of aliphatic carboxylic acids is 1. The molecule has 2 atom stereocenters. The van der Waals surface area contributed by atoms with Crippen molar-refractivity contribution in [2.45, 2.75) is 31.8 Å². The maximum Gasteiger partial charge on any atom is 0.320 e. The number of hydrogen-bond acceptors (Lipinski definition) is 11. The number of fused-ring (bicyclic) bond motifs is 5. The SMILES string of the molecule is C[C@@H](c1ccc2cccc(NC(=O)c3ccc4cccc(NC(=O)c5ccc6cccc(NC(=O)c7ccc8cccc(NC(=O)c9ccc%10ccccc%10n9)c8n7)c6n5)c4n3)c2n1)N1CCC[C@H]1C(=O)O. The minimum Gasteiger partial charge on any atom is -0.480 e. The molecule has 5 aromatic carbocycles. The summed E-state index contributed by atoms with van der Waals surface area (Å²) in [6.45, 7) is 2.59. The highest BCUT2D eigenvalue weighted by atomic mass is 16.4. The maximum absolute atomic E-state index is 14.0. The van der Waals surface area contributed by atoms with E-state index in [1.807, 2.05) is 84.6 Å². The van der Waals surface area contributed by atoms with Crippen LogP contribution in [0.3, 0.4) is 0 Å². The molecule has 10 aromatic rings. The summed E-state index contributed by atoms with van der Waals surface area (Å²) in [6.07, 6.45) is 1.36. The van der Waals surface area contributed by atoms with E-state index < -0.39 is 35.6 Å². The molecule has 0 bridgehead atoms. The standard InChI is InChI=1S/C56H42N10O6/c1-31(66-30-8-19-47(66)56(71)72)37-25-21-33-10-4-15-39(48(33)58-37)63-53(68)44-27-23-35-12-6-17-41(50(35)60-44)65-55(70)46-29-24-36-13-7-18-42(51(36)61-46)64-54(69)45-28-22-34-11-5-16-40(49(34)59-45)62-52(67)43-26-20-32-9-2-3-14-38(32)57-43/h2-7,9-18,20-29,31,47H,8,19,30H2,1H3,(H,62,67)(H,63,68)(H,64,69)(H,65,70)(H,71,72)/t31-,47-/m0/s1. The number of carbonyl (C=O) groups excluding carboxylic acids is 4. The second kappa shape index (κ2) is 18.8. The van der Waals surface area contributed by atoms with Crippen LogP contribution in [0.25, 0.3) is 54.5 Å². The van der Waals surface area contributed by atoms with Gasteiger partial charge in [0.2, 0.25) is 0 Å². The number of carboxylic acids is 1. The van der Waals surface area contributed by atoms with Crippen molar-refractivity contribution < 1.29 is 29.1 Å². The number of likely N-dealkylation sites (tertiary alicyclic amines) is 1. The molecule has 1 saturated heterocycles. The van der Waals surface area contributed by atoms with E-state index in [2.05, 4.69) is 31.2 Å². The minimum atomic E-state index is -0.852. The highest BCUT2D eigenvalue weighted by Gasteiger charge is 2.35. The fourth-order valence-corrected chi connectivity index (χ4v) is 9.24. The Morgan fingerprint density at radius 1 is 0.458 bits per heavy atom. The number of amides is 4. The fraction of sp³-hybridized carbons (Fsp3) is 0.107. The number of pyridine rings is 5. The third-order valence-corrected chi connectivity index (χ3v) is 12.9. The number of nitrogens with one attached hydrogen (secondary N) is 4. The Morgan fingerprint density at radius 2 is 0.833 bits per heavy atom. The minimum absolute atomic E-state index is 0.0561. The molecule has 16 heteroatoms. The first kappa shape index (κ1) is 44.9. The average molecular weight is 951 g/mol. The molecule has 1 aliphatic rings. The molecule has 1 aliphatic heterocycles. The van der Waals surface area contributed by atoms with Crippen LogP contribution in [0.4, 0.5) is 22.7 Å². The van der Waals surface area contributed by atoms with Gasteiger partial charge in [-0.15, -0.1) is 0 Å². The van der Waals surface area contributed by atoms with Gasteiger partial charge in [0.25, 0.3) is 23.6 Å². The summed E-state index contributed by atoms with van der Waals surface area (Å²) in [4.78, 5) is 92.5. The van der Waals surface area contributed by atoms with Crippen LogP contribution in [0.2, 0.25) is 0 Å². The molecule has 6 heterocycles. The van der Waals surface area contributed by atoms with Gasteiger partial charge in [-0.05, 0) is 87.0 Å². The second-order valence-corrected chi connectivity index (χ2v) is 17.5. The second-order valence-electron chi connectivity index (χ2n) is 17.5. The number of anilines is 4. The van der Waals surface area contributed by atoms with Crippen LogP contribution in [-0.4, -0.2) is 77.1 Å². The highest BCUT2D eigenvalue weighted by Crippen LogP contribution is 2.32. The fourth-order valence-electron chi connectivity index (χ4n) is 9.24. The van der Waals surface area contributed by atoms with Crippen LogP contribution < -0.4 is 21.3 Å². The zero-order valence-corrected chi connectivity index (χ0v) is 38.5. The van der Waals surface area contributed by atoms with Gasteiger partial charge in [0.15, 0.2) is 0 Å². The van der Waals surface area contributed by atoms with Gasteiger partial charge in [-0.3, -0.25) is 28.9 Å². The molecular weight excluding hydrogens is 909 g/mol. The Balaban J connectivity index is 0.812. The van der Waals surface area contributed by atoms with Crippen molar-refractivity contribution in [2.75, 3.05) is 27.8 Å². The van der Waals surface area contributed by atoms with Gasteiger partial charge in [-0.25, -0.2) is 24.9 Å². The van der Waals surface area contributed by atoms with Crippen LogP contribution in [0.15, 0.2) is 158 Å². The lowest BCUT2D eigenvalue weighted by Gasteiger charge is -2.28. The van der Waals surface area contributed by atoms with E-state index in [0.29, 0.717) is 85.2 Å². The highest BCUT2D eigenvalue weighted by molar-refractivity contribution is 6.13. The molecule has 11 rings (SSSR count). The molecular formula is C56H42N10O6. The van der Waals surface area contributed by atoms with Crippen LogP contribution >= 0.6 is 0 Å². The van der Waals surface area contributed by atoms with Crippen LogP contribution in [0.5, 0.6) is 0 Å². The van der Waals surface area contributed by atoms with E-state index >= 15 is 0 Å². The van der Waals surface area contributed by atoms with Crippen molar-refractivity contribution in [3.05, 3.63) is 186 Å². The van der Waals surface area contributed by atoms with E-state index in [1.165, 1.54) is 0 Å². The van der Waals surface area contributed by atoms with E-state index in [9.17, 15) is 29.1 Å². The molecule has 72 heavy (non-hydrogen) atoms. The number of carbonyl (C=O) groups is 5. The molecule has 1 fully saturated rings. The van der Waals surface area contributed by atoms with Gasteiger partial charge in [-0.1, -0.05) is 97.1 Å². The van der Waals surface area contributed by atoms with Crippen molar-refractivity contribution in [2.24, 2.45) is 0 Å². The van der Waals surface area contributed by atoms with Crippen LogP contribution in [-0.2, 0) is 4.79 Å². The predicted molar refractivity (Wildman–Crippen MR) is 276 cm³/mol. The number of rotatable bonds is 11. The summed E-state index contributed by atoms with van der Waals surface area (Å²) in [7, 11) is 0. The van der Waals surface area contributed by atoms with E-state index in [4.69, 9.17) is 15.0 Å². The topological polar surface area (TPSA) is 221 Å². The lowest BCUT2D eigenvalue weighted by Crippen LogP contribution is -2.38. The van der Waals surface area contributed by atoms with Gasteiger partial charge < -0.3 is 26.4 Å². The van der Waals surface area contributed by atoms with Gasteiger partial charge in [-0.2, -0.15) is 0 Å². The molecule has 0 spiro atoms. The lowest BCUT2D eigenvalue weighted by atomic mass is 10.1. The number of hydrogen-bond donors (Lipinski definition) is 5. The number of carboxylic acid groups (broad SMARTS) is 1. The summed E-state index contributed by atoms with van der Waals surface area (Å²) >= 11 is 0. The number of para-hydroxylation sites is 5. The molecule has 352 valence electrons. The molecule has 16 nitrogen and oxygen atoms in total. The molecule has 5 aromatic heterocycles. The molecule has 0 saturated carbocycles. The third kappa shape index (κ3) is 8.73. The van der Waals surface area contributed by atoms with Crippen LogP contribution in [0.1, 0.15) is 73.5 Å². The third-order valence-electron chi connectivity index (χ3n) is 12.9. The molecule has 0 aliphatic carbocycles. The Labute approximate surface area is 410 Å². The normalized spacial score (nSPS) is 14.1. The molecule has 0 radical (unpaired) electrons. The Morgan fingerprint density at radius 3 is 1.28 bits per heavy atom. The number of aromatic nitrogens is 5. The van der Waals surface area contributed by atoms with Gasteiger partial charge in [0.1, 0.15) is 28.8 Å². The zero-order valence-electron chi connectivity index (χ0n) is 38.5. The van der Waals surface area contributed by atoms with E-state index in [-0.39, 0.29) is 28.8 Å². The van der Waals surface area contributed by atoms with Gasteiger partial charge in [0, 0.05) is 26.9 Å². The number of nitrogens with zero attached hydrogens (tertiary/aromatic N) is 6.